The third kappa shape index (κ3) is 19.2. The number of benzene rings is 2. The molecule has 278 valence electrons. The molecule has 1 aliphatic rings. The number of carbonyl (C=O) groups excluding carboxylic acids is 3. The smallest absolute Gasteiger partial charge is 0.332 e. The first kappa shape index (κ1) is 41.1. The van der Waals surface area contributed by atoms with Gasteiger partial charge >= 0.3 is 5.97 Å². The van der Waals surface area contributed by atoms with E-state index in [-0.39, 0.29) is 31.3 Å². The molecule has 2 amide bonds. The van der Waals surface area contributed by atoms with E-state index in [9.17, 15) is 14.4 Å². The molecule has 50 heavy (non-hydrogen) atoms. The van der Waals surface area contributed by atoms with Crippen molar-refractivity contribution in [3.63, 3.8) is 0 Å². The quantitative estimate of drug-likeness (QED) is 0.108. The van der Waals surface area contributed by atoms with Gasteiger partial charge in [-0.05, 0) is 80.9 Å². The van der Waals surface area contributed by atoms with Crippen LogP contribution in [-0.2, 0) is 62.2 Å². The van der Waals surface area contributed by atoms with E-state index in [0.29, 0.717) is 84.9 Å². The molecule has 0 bridgehead atoms. The number of aryl methyl sites for hydroxylation is 2. The summed E-state index contributed by atoms with van der Waals surface area (Å²) in [7, 11) is 0. The van der Waals surface area contributed by atoms with Crippen LogP contribution in [0.2, 0.25) is 0 Å². The number of hydrogen-bond donors (Lipinski definition) is 1. The number of nitrogens with one attached hydrogen (secondary N) is 1. The van der Waals surface area contributed by atoms with E-state index in [1.165, 1.54) is 11.1 Å². The van der Waals surface area contributed by atoms with Gasteiger partial charge < -0.3 is 33.4 Å². The van der Waals surface area contributed by atoms with Crippen molar-refractivity contribution in [3.8, 4) is 0 Å². The molecule has 1 saturated heterocycles. The Morgan fingerprint density at radius 2 is 1.22 bits per heavy atom. The van der Waals surface area contributed by atoms with Gasteiger partial charge in [0.25, 0.3) is 5.91 Å². The number of amides is 2. The van der Waals surface area contributed by atoms with Gasteiger partial charge in [-0.2, -0.15) is 5.48 Å². The number of unbranched alkanes of at least 4 members (excludes halogenated alkanes) is 1. The molecule has 2 aromatic rings. The largest absolute Gasteiger partial charge is 0.379 e. The van der Waals surface area contributed by atoms with Gasteiger partial charge in [-0.1, -0.05) is 54.6 Å². The van der Waals surface area contributed by atoms with Gasteiger partial charge in [-0.15, -0.1) is 0 Å². The Morgan fingerprint density at radius 1 is 0.680 bits per heavy atom. The fourth-order valence-electron chi connectivity index (χ4n) is 5.69. The predicted octanol–water partition coefficient (Wildman–Crippen LogP) is 4.88. The lowest BCUT2D eigenvalue weighted by Crippen LogP contribution is -2.40. The second-order valence-corrected chi connectivity index (χ2v) is 12.5. The minimum absolute atomic E-state index is 0.0130. The van der Waals surface area contributed by atoms with Gasteiger partial charge in [0, 0.05) is 26.1 Å². The number of rotatable bonds is 26. The summed E-state index contributed by atoms with van der Waals surface area (Å²) in [6.45, 7) is 7.95. The lowest BCUT2D eigenvalue weighted by molar-refractivity contribution is -0.158. The molecule has 0 spiro atoms. The van der Waals surface area contributed by atoms with Crippen LogP contribution in [0.25, 0.3) is 0 Å². The van der Waals surface area contributed by atoms with Crippen LogP contribution in [0.1, 0.15) is 68.6 Å². The third-order valence-corrected chi connectivity index (χ3v) is 8.57. The number of hydrogen-bond acceptors (Lipinski definition) is 9. The van der Waals surface area contributed by atoms with Crippen molar-refractivity contribution >= 4 is 17.8 Å². The van der Waals surface area contributed by atoms with Gasteiger partial charge in [0.05, 0.1) is 59.3 Å². The Bertz CT molecular complexity index is 1190. The molecular formula is C39H58N2O9. The molecule has 3 rings (SSSR count). The second kappa shape index (κ2) is 26.5. The van der Waals surface area contributed by atoms with Gasteiger partial charge in [0.2, 0.25) is 5.91 Å². The summed E-state index contributed by atoms with van der Waals surface area (Å²) in [5, 5.41) is 0. The predicted molar refractivity (Wildman–Crippen MR) is 190 cm³/mol. The average Bonchev–Trinajstić information content (AvgIpc) is 3.14. The van der Waals surface area contributed by atoms with Crippen LogP contribution in [-0.4, -0.2) is 102 Å². The number of hydroxylamine groups is 1. The van der Waals surface area contributed by atoms with Crippen molar-refractivity contribution in [2.24, 2.45) is 5.92 Å². The van der Waals surface area contributed by atoms with Crippen molar-refractivity contribution < 1.29 is 42.9 Å². The van der Waals surface area contributed by atoms with Gasteiger partial charge in [-0.25, -0.2) is 4.79 Å². The lowest BCUT2D eigenvalue weighted by Gasteiger charge is -2.32. The van der Waals surface area contributed by atoms with E-state index in [0.717, 1.165) is 50.5 Å². The van der Waals surface area contributed by atoms with Gasteiger partial charge in [-0.3, -0.25) is 9.59 Å². The Balaban J connectivity index is 1.12. The highest BCUT2D eigenvalue weighted by Crippen LogP contribution is 2.23. The van der Waals surface area contributed by atoms with E-state index in [1.807, 2.05) is 30.0 Å². The second-order valence-electron chi connectivity index (χ2n) is 12.5. The van der Waals surface area contributed by atoms with E-state index in [1.54, 1.807) is 0 Å². The normalized spacial score (nSPS) is 13.3. The van der Waals surface area contributed by atoms with Crippen molar-refractivity contribution in [1.29, 1.82) is 0 Å². The number of nitrogens with zero attached hydrogens (tertiary/aromatic N) is 1. The molecular weight excluding hydrogens is 640 g/mol. The van der Waals surface area contributed by atoms with E-state index in [2.05, 4.69) is 41.9 Å². The maximum absolute atomic E-state index is 12.5. The van der Waals surface area contributed by atoms with Crippen LogP contribution < -0.4 is 5.48 Å². The van der Waals surface area contributed by atoms with E-state index >= 15 is 0 Å². The Labute approximate surface area is 298 Å². The minimum atomic E-state index is -0.441. The molecule has 0 unspecified atom stereocenters. The van der Waals surface area contributed by atoms with Gasteiger partial charge in [0.1, 0.15) is 6.61 Å². The van der Waals surface area contributed by atoms with Crippen molar-refractivity contribution in [1.82, 2.24) is 10.4 Å². The summed E-state index contributed by atoms with van der Waals surface area (Å²) in [4.78, 5) is 43.8. The summed E-state index contributed by atoms with van der Waals surface area (Å²) in [5.74, 6) is -0.351. The zero-order valence-electron chi connectivity index (χ0n) is 30.0. The van der Waals surface area contributed by atoms with Crippen molar-refractivity contribution in [3.05, 3.63) is 71.3 Å². The number of carbonyl (C=O) groups is 3. The fraction of sp³-hybridized carbons (Fsp3) is 0.615. The van der Waals surface area contributed by atoms with Gasteiger partial charge in [0.15, 0.2) is 0 Å². The summed E-state index contributed by atoms with van der Waals surface area (Å²) in [6, 6.07) is 18.6. The molecule has 0 radical (unpaired) electrons. The van der Waals surface area contributed by atoms with Crippen LogP contribution in [0.3, 0.4) is 0 Å². The van der Waals surface area contributed by atoms with Crippen LogP contribution in [0.4, 0.5) is 0 Å². The molecule has 1 fully saturated rings. The Morgan fingerprint density at radius 3 is 1.82 bits per heavy atom. The standard InChI is InChI=1S/C39H58N2O9/c1-2-45-23-24-46-25-26-47-27-28-48-29-30-49-32-38(43)41-21-19-35(20-22-41)13-8-14-39(44)50-40-37(42)31-36-17-15-34(16-18-36)12-7-6-11-33-9-4-3-5-10-33/h3-5,9-10,15-18,35H,2,6-8,11-14,19-32H2,1H3,(H,40,42). The first-order valence-electron chi connectivity index (χ1n) is 18.3. The topological polar surface area (TPSA) is 122 Å². The van der Waals surface area contributed by atoms with Crippen molar-refractivity contribution in [2.75, 3.05) is 79.2 Å². The van der Waals surface area contributed by atoms with Crippen molar-refractivity contribution in [2.45, 2.75) is 71.1 Å². The Hall–Kier alpha value is -3.35. The first-order valence-corrected chi connectivity index (χ1v) is 18.3. The highest BCUT2D eigenvalue weighted by Gasteiger charge is 2.23. The summed E-state index contributed by atoms with van der Waals surface area (Å²) < 4.78 is 27.0. The summed E-state index contributed by atoms with van der Waals surface area (Å²) in [5.41, 5.74) is 5.79. The van der Waals surface area contributed by atoms with Crippen LogP contribution in [0.5, 0.6) is 0 Å². The Kier molecular flexibility index (Phi) is 21.7. The molecule has 2 aromatic carbocycles. The zero-order chi connectivity index (χ0) is 35.5. The number of likely N-dealkylation sites (tertiary alicyclic amines) is 1. The molecule has 0 aliphatic carbocycles. The van der Waals surface area contributed by atoms with Crippen LogP contribution >= 0.6 is 0 Å². The maximum Gasteiger partial charge on any atom is 0.332 e. The lowest BCUT2D eigenvalue weighted by atomic mass is 9.91. The molecule has 1 aliphatic heterocycles. The fourth-order valence-corrected chi connectivity index (χ4v) is 5.69. The summed E-state index contributed by atoms with van der Waals surface area (Å²) >= 11 is 0. The number of ether oxygens (including phenoxy) is 5. The number of piperidine rings is 1. The van der Waals surface area contributed by atoms with E-state index in [4.69, 9.17) is 28.5 Å². The first-order chi connectivity index (χ1) is 24.5. The molecule has 0 saturated carbocycles. The highest BCUT2D eigenvalue weighted by molar-refractivity contribution is 5.80. The molecule has 1 heterocycles. The third-order valence-electron chi connectivity index (χ3n) is 8.57. The summed E-state index contributed by atoms with van der Waals surface area (Å²) in [6.07, 6.45) is 8.07. The minimum Gasteiger partial charge on any atom is -0.379 e. The van der Waals surface area contributed by atoms with Crippen LogP contribution in [0, 0.1) is 5.92 Å². The monoisotopic (exact) mass is 698 g/mol. The molecule has 11 heteroatoms. The molecule has 1 N–H and O–H groups in total. The van der Waals surface area contributed by atoms with E-state index < -0.39 is 5.97 Å². The maximum atomic E-state index is 12.5. The van der Waals surface area contributed by atoms with Crippen LogP contribution in [0.15, 0.2) is 54.6 Å². The molecule has 11 nitrogen and oxygen atoms in total. The SMILES string of the molecule is CCOCCOCCOCCOCCOCC(=O)N1CCC(CCCC(=O)ONC(=O)Cc2ccc(CCCCc3ccccc3)cc2)CC1. The average molecular weight is 699 g/mol. The zero-order valence-corrected chi connectivity index (χ0v) is 30.0. The molecule has 0 atom stereocenters. The molecule has 0 aromatic heterocycles. The highest BCUT2D eigenvalue weighted by atomic mass is 16.7.